The molecule has 0 saturated heterocycles. The van der Waals surface area contributed by atoms with Crippen molar-refractivity contribution >= 4 is 16.6 Å². The summed E-state index contributed by atoms with van der Waals surface area (Å²) >= 11 is 0. The summed E-state index contributed by atoms with van der Waals surface area (Å²) in [5.41, 5.74) is 7.25. The van der Waals surface area contributed by atoms with E-state index in [-0.39, 0.29) is 0 Å². The highest BCUT2D eigenvalue weighted by molar-refractivity contribution is 5.85. The molecule has 0 spiro atoms. The maximum absolute atomic E-state index is 3.70. The molecule has 104 valence electrons. The van der Waals surface area contributed by atoms with E-state index in [1.165, 1.54) is 40.7 Å². The van der Waals surface area contributed by atoms with E-state index in [1.54, 1.807) is 5.56 Å². The Morgan fingerprint density at radius 1 is 0.952 bits per heavy atom. The van der Waals surface area contributed by atoms with Crippen LogP contribution in [0, 0.1) is 0 Å². The SMILES string of the molecule is c1ccc2c(c1)CCC1c3[nH]c4ccccc4c3CCN21. The van der Waals surface area contributed by atoms with E-state index >= 15 is 0 Å². The fourth-order valence-electron chi connectivity index (χ4n) is 4.20. The third-order valence-corrected chi connectivity index (χ3v) is 5.15. The van der Waals surface area contributed by atoms with Crippen molar-refractivity contribution < 1.29 is 0 Å². The molecular formula is C19H18N2. The Labute approximate surface area is 124 Å². The first-order chi connectivity index (χ1) is 10.4. The Balaban J connectivity index is 1.69. The minimum atomic E-state index is 0.524. The van der Waals surface area contributed by atoms with E-state index in [2.05, 4.69) is 58.4 Å². The van der Waals surface area contributed by atoms with Gasteiger partial charge in [-0.2, -0.15) is 0 Å². The quantitative estimate of drug-likeness (QED) is 0.650. The molecule has 1 atom stereocenters. The Morgan fingerprint density at radius 3 is 2.81 bits per heavy atom. The second-order valence-corrected chi connectivity index (χ2v) is 6.19. The summed E-state index contributed by atoms with van der Waals surface area (Å²) in [7, 11) is 0. The number of nitrogens with zero attached hydrogens (tertiary/aromatic N) is 1. The largest absolute Gasteiger partial charge is 0.362 e. The first-order valence-corrected chi connectivity index (χ1v) is 7.86. The zero-order valence-electron chi connectivity index (χ0n) is 12.0. The van der Waals surface area contributed by atoms with E-state index in [1.807, 2.05) is 0 Å². The fourth-order valence-corrected chi connectivity index (χ4v) is 4.20. The molecule has 2 aliphatic rings. The van der Waals surface area contributed by atoms with Gasteiger partial charge in [0.05, 0.1) is 6.04 Å². The monoisotopic (exact) mass is 274 g/mol. The van der Waals surface area contributed by atoms with E-state index in [4.69, 9.17) is 0 Å². The van der Waals surface area contributed by atoms with Crippen LogP contribution in [-0.4, -0.2) is 11.5 Å². The van der Waals surface area contributed by atoms with Crippen molar-refractivity contribution in [2.45, 2.75) is 25.3 Å². The van der Waals surface area contributed by atoms with Crippen LogP contribution in [0.1, 0.15) is 29.3 Å². The smallest absolute Gasteiger partial charge is 0.0698 e. The van der Waals surface area contributed by atoms with Gasteiger partial charge in [-0.15, -0.1) is 0 Å². The predicted molar refractivity (Wildman–Crippen MR) is 86.9 cm³/mol. The van der Waals surface area contributed by atoms with Gasteiger partial charge in [0.2, 0.25) is 0 Å². The van der Waals surface area contributed by atoms with E-state index < -0.39 is 0 Å². The molecule has 0 amide bonds. The van der Waals surface area contributed by atoms with Gasteiger partial charge in [0, 0.05) is 28.8 Å². The summed E-state index contributed by atoms with van der Waals surface area (Å²) < 4.78 is 0. The van der Waals surface area contributed by atoms with Crippen LogP contribution in [0.3, 0.4) is 0 Å². The number of fused-ring (bicyclic) bond motifs is 7. The third kappa shape index (κ3) is 1.53. The standard InChI is InChI=1S/C19H18N2/c1-4-8-17-13(5-1)9-10-18-19-15(11-12-21(17)18)14-6-2-3-7-16(14)20-19/h1-8,18,20H,9-12H2. The molecule has 3 heterocycles. The average Bonchev–Trinajstić information content (AvgIpc) is 2.93. The van der Waals surface area contributed by atoms with Gasteiger partial charge in [-0.1, -0.05) is 36.4 Å². The normalized spacial score (nSPS) is 20.0. The van der Waals surface area contributed by atoms with Gasteiger partial charge in [-0.05, 0) is 42.5 Å². The van der Waals surface area contributed by atoms with Gasteiger partial charge in [0.15, 0.2) is 0 Å². The summed E-state index contributed by atoms with van der Waals surface area (Å²) in [5, 5.41) is 1.42. The number of hydrogen-bond donors (Lipinski definition) is 1. The van der Waals surface area contributed by atoms with Gasteiger partial charge >= 0.3 is 0 Å². The van der Waals surface area contributed by atoms with Crippen LogP contribution in [0.2, 0.25) is 0 Å². The van der Waals surface area contributed by atoms with Crippen LogP contribution in [-0.2, 0) is 12.8 Å². The molecule has 2 nitrogen and oxygen atoms in total. The zero-order valence-corrected chi connectivity index (χ0v) is 12.0. The van der Waals surface area contributed by atoms with Crippen LogP contribution in [0.15, 0.2) is 48.5 Å². The number of anilines is 1. The fraction of sp³-hybridized carbons (Fsp3) is 0.263. The highest BCUT2D eigenvalue weighted by Gasteiger charge is 2.33. The maximum Gasteiger partial charge on any atom is 0.0698 e. The summed E-state index contributed by atoms with van der Waals surface area (Å²) in [6.45, 7) is 1.14. The lowest BCUT2D eigenvalue weighted by Gasteiger charge is -2.42. The van der Waals surface area contributed by atoms with Crippen molar-refractivity contribution in [1.82, 2.24) is 4.98 Å². The number of aromatic nitrogens is 1. The van der Waals surface area contributed by atoms with Crippen molar-refractivity contribution in [1.29, 1.82) is 0 Å². The maximum atomic E-state index is 3.70. The Kier molecular flexibility index (Phi) is 2.25. The molecule has 1 N–H and O–H groups in total. The van der Waals surface area contributed by atoms with Gasteiger partial charge in [-0.3, -0.25) is 0 Å². The Morgan fingerprint density at radius 2 is 1.81 bits per heavy atom. The number of rotatable bonds is 0. The molecule has 1 unspecified atom stereocenters. The Hall–Kier alpha value is -2.22. The number of nitrogens with one attached hydrogen (secondary N) is 1. The van der Waals surface area contributed by atoms with Gasteiger partial charge < -0.3 is 9.88 Å². The molecule has 5 rings (SSSR count). The number of aromatic amines is 1. The first kappa shape index (κ1) is 11.4. The van der Waals surface area contributed by atoms with Crippen LogP contribution < -0.4 is 4.90 Å². The number of aryl methyl sites for hydroxylation is 1. The van der Waals surface area contributed by atoms with Crippen LogP contribution in [0.25, 0.3) is 10.9 Å². The minimum absolute atomic E-state index is 0.524. The molecule has 1 aromatic heterocycles. The highest BCUT2D eigenvalue weighted by Crippen LogP contribution is 2.43. The lowest BCUT2D eigenvalue weighted by Crippen LogP contribution is -2.38. The van der Waals surface area contributed by atoms with E-state index in [0.29, 0.717) is 6.04 Å². The average molecular weight is 274 g/mol. The van der Waals surface area contributed by atoms with Crippen molar-refractivity contribution in [3.05, 3.63) is 65.4 Å². The zero-order chi connectivity index (χ0) is 13.8. The summed E-state index contributed by atoms with van der Waals surface area (Å²) in [6, 6.07) is 18.2. The number of H-pyrrole nitrogens is 1. The highest BCUT2D eigenvalue weighted by atomic mass is 15.2. The molecule has 0 bridgehead atoms. The van der Waals surface area contributed by atoms with Crippen molar-refractivity contribution in [3.63, 3.8) is 0 Å². The van der Waals surface area contributed by atoms with Crippen molar-refractivity contribution in [2.24, 2.45) is 0 Å². The van der Waals surface area contributed by atoms with Crippen molar-refractivity contribution in [3.8, 4) is 0 Å². The van der Waals surface area contributed by atoms with Gasteiger partial charge in [-0.25, -0.2) is 0 Å². The van der Waals surface area contributed by atoms with Gasteiger partial charge in [0.1, 0.15) is 0 Å². The summed E-state index contributed by atoms with van der Waals surface area (Å²) in [6.07, 6.45) is 3.55. The second-order valence-electron chi connectivity index (χ2n) is 6.19. The molecule has 3 aromatic rings. The summed E-state index contributed by atoms with van der Waals surface area (Å²) in [5.74, 6) is 0. The number of hydrogen-bond acceptors (Lipinski definition) is 1. The third-order valence-electron chi connectivity index (χ3n) is 5.15. The second kappa shape index (κ2) is 4.14. The predicted octanol–water partition coefficient (Wildman–Crippen LogP) is 4.22. The molecule has 0 saturated carbocycles. The van der Waals surface area contributed by atoms with Crippen LogP contribution in [0.5, 0.6) is 0 Å². The molecule has 21 heavy (non-hydrogen) atoms. The minimum Gasteiger partial charge on any atom is -0.362 e. The molecule has 0 fully saturated rings. The molecule has 2 aliphatic heterocycles. The summed E-state index contributed by atoms with van der Waals surface area (Å²) in [4.78, 5) is 6.31. The number of para-hydroxylation sites is 2. The van der Waals surface area contributed by atoms with Gasteiger partial charge in [0.25, 0.3) is 0 Å². The number of benzene rings is 2. The molecule has 2 aromatic carbocycles. The van der Waals surface area contributed by atoms with E-state index in [0.717, 1.165) is 13.0 Å². The first-order valence-electron chi connectivity index (χ1n) is 7.86. The lowest BCUT2D eigenvalue weighted by molar-refractivity contribution is 0.515. The topological polar surface area (TPSA) is 19.0 Å². The van der Waals surface area contributed by atoms with Crippen molar-refractivity contribution in [2.75, 3.05) is 11.4 Å². The Bertz CT molecular complexity index is 830. The van der Waals surface area contributed by atoms with E-state index in [9.17, 15) is 0 Å². The molecule has 0 aliphatic carbocycles. The molecule has 2 heteroatoms. The molecule has 0 radical (unpaired) electrons. The van der Waals surface area contributed by atoms with Crippen LogP contribution in [0.4, 0.5) is 5.69 Å². The lowest BCUT2D eigenvalue weighted by atomic mass is 9.88. The van der Waals surface area contributed by atoms with Crippen LogP contribution >= 0.6 is 0 Å². The molecular weight excluding hydrogens is 256 g/mol.